The summed E-state index contributed by atoms with van der Waals surface area (Å²) in [7, 11) is 0. The number of aromatic nitrogens is 2. The van der Waals surface area contributed by atoms with Gasteiger partial charge in [0.25, 0.3) is 5.89 Å². The van der Waals surface area contributed by atoms with E-state index >= 15 is 0 Å². The summed E-state index contributed by atoms with van der Waals surface area (Å²) in [6, 6.07) is 4.19. The van der Waals surface area contributed by atoms with Gasteiger partial charge >= 0.3 is 6.09 Å². The van der Waals surface area contributed by atoms with E-state index in [4.69, 9.17) is 14.0 Å². The molecule has 0 aliphatic carbocycles. The lowest BCUT2D eigenvalue weighted by molar-refractivity contribution is 0.0217. The Hall–Kier alpha value is -2.64. The second-order valence-corrected chi connectivity index (χ2v) is 7.34. The van der Waals surface area contributed by atoms with Gasteiger partial charge in [0, 0.05) is 6.54 Å². The predicted octanol–water partition coefficient (Wildman–Crippen LogP) is 4.35. The van der Waals surface area contributed by atoms with Crippen LogP contribution in [0, 0.1) is 5.82 Å². The number of halogens is 1. The second kappa shape index (κ2) is 7.54. The molecule has 2 aromatic rings. The van der Waals surface area contributed by atoms with Gasteiger partial charge in [0.05, 0.1) is 18.2 Å². The van der Waals surface area contributed by atoms with Gasteiger partial charge in [-0.2, -0.15) is 4.98 Å². The molecule has 27 heavy (non-hydrogen) atoms. The number of likely N-dealkylation sites (tertiary alicyclic amines) is 1. The fourth-order valence-electron chi connectivity index (χ4n) is 3.02. The molecule has 0 saturated carbocycles. The second-order valence-electron chi connectivity index (χ2n) is 7.34. The van der Waals surface area contributed by atoms with Gasteiger partial charge in [-0.25, -0.2) is 9.18 Å². The van der Waals surface area contributed by atoms with Crippen LogP contribution in [-0.4, -0.2) is 39.9 Å². The van der Waals surface area contributed by atoms with Crippen molar-refractivity contribution in [2.24, 2.45) is 0 Å². The van der Waals surface area contributed by atoms with E-state index in [9.17, 15) is 9.18 Å². The van der Waals surface area contributed by atoms with Crippen molar-refractivity contribution in [3.8, 4) is 17.2 Å². The maximum atomic E-state index is 14.1. The normalized spacial score (nSPS) is 17.2. The van der Waals surface area contributed by atoms with E-state index in [0.29, 0.717) is 31.0 Å². The zero-order valence-corrected chi connectivity index (χ0v) is 16.0. The highest BCUT2D eigenvalue weighted by atomic mass is 19.1. The summed E-state index contributed by atoms with van der Waals surface area (Å²) < 4.78 is 30.3. The molecule has 1 aromatic carbocycles. The summed E-state index contributed by atoms with van der Waals surface area (Å²) >= 11 is 0. The van der Waals surface area contributed by atoms with Crippen LogP contribution in [0.2, 0.25) is 0 Å². The molecule has 1 unspecified atom stereocenters. The van der Waals surface area contributed by atoms with Gasteiger partial charge in [0.2, 0.25) is 0 Å². The van der Waals surface area contributed by atoms with E-state index < -0.39 is 17.5 Å². The number of amides is 1. The Morgan fingerprint density at radius 3 is 2.89 bits per heavy atom. The van der Waals surface area contributed by atoms with Gasteiger partial charge in [-0.3, -0.25) is 4.90 Å². The molecule has 1 fully saturated rings. The van der Waals surface area contributed by atoms with Gasteiger partial charge < -0.3 is 14.0 Å². The van der Waals surface area contributed by atoms with Crippen LogP contribution in [0.1, 0.15) is 52.4 Å². The maximum Gasteiger partial charge on any atom is 0.410 e. The number of nitrogens with zero attached hydrogens (tertiary/aromatic N) is 3. The summed E-state index contributed by atoms with van der Waals surface area (Å²) in [5.41, 5.74) is -0.196. The van der Waals surface area contributed by atoms with Gasteiger partial charge in [0.1, 0.15) is 5.60 Å². The molecule has 1 amide bonds. The molecule has 0 radical (unpaired) electrons. The summed E-state index contributed by atoms with van der Waals surface area (Å²) in [4.78, 5) is 18.5. The minimum absolute atomic E-state index is 0.0746. The fraction of sp³-hybridized carbons (Fsp3) is 0.526. The van der Waals surface area contributed by atoms with Gasteiger partial charge in [-0.1, -0.05) is 11.2 Å². The van der Waals surface area contributed by atoms with Crippen molar-refractivity contribution in [2.45, 2.75) is 52.2 Å². The van der Waals surface area contributed by atoms with Crippen LogP contribution in [0.3, 0.4) is 0 Å². The van der Waals surface area contributed by atoms with Crippen molar-refractivity contribution < 1.29 is 23.2 Å². The number of rotatable bonds is 4. The van der Waals surface area contributed by atoms with Gasteiger partial charge in [0.15, 0.2) is 17.4 Å². The standard InChI is InChI=1S/C19H24FN3O4/c1-5-25-15-12(8-6-9-13(15)20)17-21-16(22-27-17)14-10-7-11-23(14)18(24)26-19(2,3)4/h6,8-9,14H,5,7,10-11H2,1-4H3. The zero-order chi connectivity index (χ0) is 19.6. The quantitative estimate of drug-likeness (QED) is 0.788. The van der Waals surface area contributed by atoms with Crippen LogP contribution >= 0.6 is 0 Å². The van der Waals surface area contributed by atoms with E-state index in [2.05, 4.69) is 10.1 Å². The predicted molar refractivity (Wildman–Crippen MR) is 95.8 cm³/mol. The molecule has 1 saturated heterocycles. The number of para-hydroxylation sites is 1. The Morgan fingerprint density at radius 2 is 2.19 bits per heavy atom. The Labute approximate surface area is 157 Å². The first-order chi connectivity index (χ1) is 12.8. The monoisotopic (exact) mass is 377 g/mol. The number of carbonyl (C=O) groups is 1. The van der Waals surface area contributed by atoms with Crippen LogP contribution < -0.4 is 4.74 Å². The summed E-state index contributed by atoms with van der Waals surface area (Å²) in [5.74, 6) is 0.111. The molecule has 146 valence electrons. The van der Waals surface area contributed by atoms with Crippen molar-refractivity contribution in [3.63, 3.8) is 0 Å². The lowest BCUT2D eigenvalue weighted by atomic mass is 10.2. The van der Waals surface area contributed by atoms with E-state index in [1.807, 2.05) is 20.8 Å². The molecular weight excluding hydrogens is 353 g/mol. The largest absolute Gasteiger partial charge is 0.490 e. The summed E-state index contributed by atoms with van der Waals surface area (Å²) in [5, 5.41) is 4.02. The molecule has 0 N–H and O–H groups in total. The Morgan fingerprint density at radius 1 is 1.41 bits per heavy atom. The minimum Gasteiger partial charge on any atom is -0.490 e. The van der Waals surface area contributed by atoms with Crippen molar-refractivity contribution in [3.05, 3.63) is 29.8 Å². The topological polar surface area (TPSA) is 77.7 Å². The van der Waals surface area contributed by atoms with Gasteiger partial charge in [-0.05, 0) is 52.7 Å². The van der Waals surface area contributed by atoms with Crippen LogP contribution in [0.4, 0.5) is 9.18 Å². The molecule has 1 atom stereocenters. The van der Waals surface area contributed by atoms with Crippen LogP contribution in [0.25, 0.3) is 11.5 Å². The molecule has 7 nitrogen and oxygen atoms in total. The third kappa shape index (κ3) is 4.20. The third-order valence-corrected chi connectivity index (χ3v) is 4.11. The molecule has 3 rings (SSSR count). The highest BCUT2D eigenvalue weighted by molar-refractivity contribution is 5.69. The van der Waals surface area contributed by atoms with E-state index in [0.717, 1.165) is 6.42 Å². The lowest BCUT2D eigenvalue weighted by Crippen LogP contribution is -2.36. The number of hydrogen-bond donors (Lipinski definition) is 0. The number of carbonyl (C=O) groups excluding carboxylic acids is 1. The highest BCUT2D eigenvalue weighted by Gasteiger charge is 2.36. The number of ether oxygens (including phenoxy) is 2. The molecule has 8 heteroatoms. The molecular formula is C19H24FN3O4. The SMILES string of the molecule is CCOc1c(F)cccc1-c1nc(C2CCCN2C(=O)OC(C)(C)C)no1. The first kappa shape index (κ1) is 19.1. The van der Waals surface area contributed by atoms with E-state index in [1.165, 1.54) is 6.07 Å². The van der Waals surface area contributed by atoms with E-state index in [1.54, 1.807) is 24.0 Å². The summed E-state index contributed by atoms with van der Waals surface area (Å²) in [6.45, 7) is 8.11. The zero-order valence-electron chi connectivity index (χ0n) is 16.0. The molecule has 0 bridgehead atoms. The smallest absolute Gasteiger partial charge is 0.410 e. The molecule has 0 spiro atoms. The Balaban J connectivity index is 1.86. The van der Waals surface area contributed by atoms with Crippen LogP contribution in [0.15, 0.2) is 22.7 Å². The molecule has 1 aliphatic heterocycles. The lowest BCUT2D eigenvalue weighted by Gasteiger charge is -2.27. The number of hydrogen-bond acceptors (Lipinski definition) is 6. The molecule has 1 aromatic heterocycles. The minimum atomic E-state index is -0.583. The summed E-state index contributed by atoms with van der Waals surface area (Å²) in [6.07, 6.45) is 1.12. The van der Waals surface area contributed by atoms with Crippen LogP contribution in [-0.2, 0) is 4.74 Å². The van der Waals surface area contributed by atoms with Crippen molar-refractivity contribution >= 4 is 6.09 Å². The van der Waals surface area contributed by atoms with Crippen molar-refractivity contribution in [2.75, 3.05) is 13.2 Å². The maximum absolute atomic E-state index is 14.1. The first-order valence-electron chi connectivity index (χ1n) is 9.05. The Kier molecular flexibility index (Phi) is 5.34. The van der Waals surface area contributed by atoms with Gasteiger partial charge in [-0.15, -0.1) is 0 Å². The molecule has 1 aliphatic rings. The first-order valence-corrected chi connectivity index (χ1v) is 9.05. The fourth-order valence-corrected chi connectivity index (χ4v) is 3.02. The van der Waals surface area contributed by atoms with Crippen molar-refractivity contribution in [1.29, 1.82) is 0 Å². The Bertz CT molecular complexity index is 816. The van der Waals surface area contributed by atoms with E-state index in [-0.39, 0.29) is 17.7 Å². The van der Waals surface area contributed by atoms with Crippen molar-refractivity contribution in [1.82, 2.24) is 15.0 Å². The molecule has 2 heterocycles. The third-order valence-electron chi connectivity index (χ3n) is 4.11. The average molecular weight is 377 g/mol. The average Bonchev–Trinajstić information content (AvgIpc) is 3.23. The van der Waals surface area contributed by atoms with Crippen LogP contribution in [0.5, 0.6) is 5.75 Å². The number of benzene rings is 1. The highest BCUT2D eigenvalue weighted by Crippen LogP contribution is 2.35.